The molecule has 1 aromatic rings. The Morgan fingerprint density at radius 1 is 1.29 bits per heavy atom. The van der Waals surface area contributed by atoms with Gasteiger partial charge in [0, 0.05) is 50.3 Å². The standard InChI is InChI=1S/C13H18F2N2/c1-17-7-2-10(8-17)11-12(9-16-11)3-5-13(14,15)6-4-12/h2,7-8,11,16H,3-6,9H2,1H3. The molecule has 1 unspecified atom stereocenters. The summed E-state index contributed by atoms with van der Waals surface area (Å²) in [6.07, 6.45) is 5.50. The Labute approximate surface area is 100 Å². The van der Waals surface area contributed by atoms with E-state index >= 15 is 0 Å². The molecule has 1 aliphatic carbocycles. The molecule has 1 saturated heterocycles. The fourth-order valence-corrected chi connectivity index (χ4v) is 3.24. The van der Waals surface area contributed by atoms with Gasteiger partial charge in [-0.3, -0.25) is 0 Å². The first kappa shape index (κ1) is 11.2. The van der Waals surface area contributed by atoms with Gasteiger partial charge in [0.15, 0.2) is 0 Å². The molecule has 3 rings (SSSR count). The van der Waals surface area contributed by atoms with Crippen LogP contribution in [0.15, 0.2) is 18.5 Å². The summed E-state index contributed by atoms with van der Waals surface area (Å²) in [5, 5.41) is 3.40. The van der Waals surface area contributed by atoms with E-state index in [9.17, 15) is 8.78 Å². The van der Waals surface area contributed by atoms with Crippen molar-refractivity contribution in [1.82, 2.24) is 9.88 Å². The zero-order valence-electron chi connectivity index (χ0n) is 10.0. The Hall–Kier alpha value is -0.900. The third kappa shape index (κ3) is 1.79. The zero-order chi connectivity index (χ0) is 12.1. The lowest BCUT2D eigenvalue weighted by atomic mass is 9.62. The quantitative estimate of drug-likeness (QED) is 0.798. The molecule has 1 saturated carbocycles. The predicted octanol–water partition coefficient (Wildman–Crippen LogP) is 2.87. The van der Waals surface area contributed by atoms with Crippen molar-refractivity contribution in [2.75, 3.05) is 6.54 Å². The number of nitrogens with one attached hydrogen (secondary N) is 1. The molecule has 2 aliphatic rings. The van der Waals surface area contributed by atoms with Crippen LogP contribution in [0.3, 0.4) is 0 Å². The molecule has 2 fully saturated rings. The van der Waals surface area contributed by atoms with Crippen molar-refractivity contribution in [3.05, 3.63) is 24.0 Å². The van der Waals surface area contributed by atoms with Crippen LogP contribution >= 0.6 is 0 Å². The predicted molar refractivity (Wildman–Crippen MR) is 62.0 cm³/mol. The highest BCUT2D eigenvalue weighted by Gasteiger charge is 2.52. The molecule has 4 heteroatoms. The van der Waals surface area contributed by atoms with E-state index in [1.54, 1.807) is 0 Å². The van der Waals surface area contributed by atoms with Gasteiger partial charge in [-0.1, -0.05) is 0 Å². The summed E-state index contributed by atoms with van der Waals surface area (Å²) in [4.78, 5) is 0. The summed E-state index contributed by atoms with van der Waals surface area (Å²) >= 11 is 0. The van der Waals surface area contributed by atoms with Gasteiger partial charge in [-0.05, 0) is 24.5 Å². The maximum Gasteiger partial charge on any atom is 0.248 e. The average molecular weight is 240 g/mol. The second kappa shape index (κ2) is 3.55. The van der Waals surface area contributed by atoms with Crippen molar-refractivity contribution in [1.29, 1.82) is 0 Å². The molecular weight excluding hydrogens is 222 g/mol. The van der Waals surface area contributed by atoms with Crippen molar-refractivity contribution < 1.29 is 8.78 Å². The summed E-state index contributed by atoms with van der Waals surface area (Å²) < 4.78 is 28.4. The Morgan fingerprint density at radius 2 is 2.00 bits per heavy atom. The number of aryl methyl sites for hydroxylation is 1. The molecule has 0 radical (unpaired) electrons. The first-order valence-electron chi connectivity index (χ1n) is 6.24. The van der Waals surface area contributed by atoms with Crippen LogP contribution in [0, 0.1) is 5.41 Å². The number of nitrogens with zero attached hydrogens (tertiary/aromatic N) is 1. The molecule has 0 amide bonds. The molecule has 1 aromatic heterocycles. The highest BCUT2D eigenvalue weighted by molar-refractivity contribution is 5.23. The van der Waals surface area contributed by atoms with Crippen LogP contribution in [0.25, 0.3) is 0 Å². The second-order valence-electron chi connectivity index (χ2n) is 5.64. The topological polar surface area (TPSA) is 17.0 Å². The molecule has 1 atom stereocenters. The van der Waals surface area contributed by atoms with Gasteiger partial charge >= 0.3 is 0 Å². The van der Waals surface area contributed by atoms with Gasteiger partial charge in [0.2, 0.25) is 5.92 Å². The van der Waals surface area contributed by atoms with Crippen LogP contribution in [0.4, 0.5) is 8.78 Å². The first-order valence-corrected chi connectivity index (χ1v) is 6.24. The van der Waals surface area contributed by atoms with Crippen LogP contribution in [-0.2, 0) is 7.05 Å². The van der Waals surface area contributed by atoms with E-state index in [4.69, 9.17) is 0 Å². The minimum Gasteiger partial charge on any atom is -0.357 e. The molecule has 1 aliphatic heterocycles. The van der Waals surface area contributed by atoms with E-state index in [2.05, 4.69) is 17.6 Å². The summed E-state index contributed by atoms with van der Waals surface area (Å²) in [6, 6.07) is 2.37. The number of alkyl halides is 2. The van der Waals surface area contributed by atoms with Crippen molar-refractivity contribution in [3.63, 3.8) is 0 Å². The van der Waals surface area contributed by atoms with Gasteiger partial charge in [-0.25, -0.2) is 8.78 Å². The van der Waals surface area contributed by atoms with Crippen LogP contribution in [0.5, 0.6) is 0 Å². The van der Waals surface area contributed by atoms with Gasteiger partial charge in [0.25, 0.3) is 0 Å². The number of hydrogen-bond acceptors (Lipinski definition) is 1. The van der Waals surface area contributed by atoms with Gasteiger partial charge in [0.1, 0.15) is 0 Å². The molecule has 2 nitrogen and oxygen atoms in total. The highest BCUT2D eigenvalue weighted by atomic mass is 19.3. The van der Waals surface area contributed by atoms with E-state index in [1.807, 2.05) is 17.8 Å². The Balaban J connectivity index is 1.77. The molecule has 2 heterocycles. The lowest BCUT2D eigenvalue weighted by Gasteiger charge is -2.54. The molecule has 1 spiro atoms. The van der Waals surface area contributed by atoms with Crippen molar-refractivity contribution in [3.8, 4) is 0 Å². The van der Waals surface area contributed by atoms with Gasteiger partial charge in [-0.2, -0.15) is 0 Å². The van der Waals surface area contributed by atoms with E-state index < -0.39 is 5.92 Å². The largest absolute Gasteiger partial charge is 0.357 e. The molecule has 94 valence electrons. The van der Waals surface area contributed by atoms with E-state index in [0.717, 1.165) is 6.54 Å². The average Bonchev–Trinajstić information content (AvgIpc) is 2.63. The van der Waals surface area contributed by atoms with Gasteiger partial charge in [-0.15, -0.1) is 0 Å². The highest BCUT2D eigenvalue weighted by Crippen LogP contribution is 2.54. The summed E-state index contributed by atoms with van der Waals surface area (Å²) in [5.41, 5.74) is 1.33. The molecule has 17 heavy (non-hydrogen) atoms. The van der Waals surface area contributed by atoms with Crippen molar-refractivity contribution in [2.24, 2.45) is 12.5 Å². The third-order valence-corrected chi connectivity index (χ3v) is 4.44. The zero-order valence-corrected chi connectivity index (χ0v) is 10.0. The second-order valence-corrected chi connectivity index (χ2v) is 5.64. The number of aromatic nitrogens is 1. The summed E-state index contributed by atoms with van der Waals surface area (Å²) in [6.45, 7) is 0.892. The van der Waals surface area contributed by atoms with E-state index in [1.165, 1.54) is 5.56 Å². The fraction of sp³-hybridized carbons (Fsp3) is 0.692. The normalized spacial score (nSPS) is 30.2. The number of hydrogen-bond donors (Lipinski definition) is 1. The Morgan fingerprint density at radius 3 is 2.47 bits per heavy atom. The lowest BCUT2D eigenvalue weighted by molar-refractivity contribution is -0.0955. The third-order valence-electron chi connectivity index (χ3n) is 4.44. The van der Waals surface area contributed by atoms with Gasteiger partial charge in [0.05, 0.1) is 0 Å². The molecular formula is C13H18F2N2. The SMILES string of the molecule is Cn1ccc(C2NCC23CCC(F)(F)CC3)c1. The van der Waals surface area contributed by atoms with Crippen LogP contribution in [-0.4, -0.2) is 17.0 Å². The maximum atomic E-state index is 13.2. The summed E-state index contributed by atoms with van der Waals surface area (Å²) in [5.74, 6) is -2.43. The van der Waals surface area contributed by atoms with Crippen LogP contribution < -0.4 is 5.32 Å². The maximum absolute atomic E-state index is 13.2. The molecule has 1 N–H and O–H groups in total. The number of rotatable bonds is 1. The lowest BCUT2D eigenvalue weighted by Crippen LogP contribution is -2.58. The van der Waals surface area contributed by atoms with Crippen molar-refractivity contribution >= 4 is 0 Å². The van der Waals surface area contributed by atoms with Crippen LogP contribution in [0.1, 0.15) is 37.3 Å². The minimum atomic E-state index is -2.43. The molecule has 0 aromatic carbocycles. The van der Waals surface area contributed by atoms with Crippen LogP contribution in [0.2, 0.25) is 0 Å². The smallest absolute Gasteiger partial charge is 0.248 e. The first-order chi connectivity index (χ1) is 8.01. The van der Waals surface area contributed by atoms with E-state index in [0.29, 0.717) is 12.8 Å². The van der Waals surface area contributed by atoms with Gasteiger partial charge < -0.3 is 9.88 Å². The fourth-order valence-electron chi connectivity index (χ4n) is 3.24. The number of halogens is 2. The van der Waals surface area contributed by atoms with E-state index in [-0.39, 0.29) is 24.3 Å². The molecule has 0 bridgehead atoms. The summed E-state index contributed by atoms with van der Waals surface area (Å²) in [7, 11) is 1.99. The Kier molecular flexibility index (Phi) is 2.34. The Bertz CT molecular complexity index is 415. The minimum absolute atomic E-state index is 0.0536. The monoisotopic (exact) mass is 240 g/mol. The van der Waals surface area contributed by atoms with Crippen molar-refractivity contribution in [2.45, 2.75) is 37.6 Å².